The van der Waals surface area contributed by atoms with Gasteiger partial charge in [0.2, 0.25) is 11.8 Å². The van der Waals surface area contributed by atoms with E-state index in [0.717, 1.165) is 70.4 Å². The Kier molecular flexibility index (Phi) is 8.71. The standard InChI is InChI=1S/C31H46N4O3/c1-2-3-19-35-29(37)27(22-24-9-5-4-6-10-24)32-30(38)31(35)15-20-33(21-16-31)23-25-11-13-26(14-12-25)28(36)34-17-7-8-18-34/h11-14,24,27H,2-10,15-23H2,1H3,(H,32,38). The molecule has 0 aromatic heterocycles. The van der Waals surface area contributed by atoms with Gasteiger partial charge < -0.3 is 15.1 Å². The number of hydrogen-bond acceptors (Lipinski definition) is 4. The van der Waals surface area contributed by atoms with Crippen LogP contribution in [0.2, 0.25) is 0 Å². The molecule has 3 amide bonds. The summed E-state index contributed by atoms with van der Waals surface area (Å²) in [5.41, 5.74) is 1.23. The first kappa shape index (κ1) is 27.2. The molecule has 1 aromatic carbocycles. The van der Waals surface area contributed by atoms with E-state index in [0.29, 0.717) is 25.3 Å². The summed E-state index contributed by atoms with van der Waals surface area (Å²) in [6.07, 6.45) is 12.4. The van der Waals surface area contributed by atoms with Crippen molar-refractivity contribution < 1.29 is 14.4 Å². The SMILES string of the molecule is CCCCN1C(=O)C(CC2CCCCC2)NC(=O)C12CCN(Cc1ccc(C(=O)N3CCCC3)cc1)CC2. The predicted octanol–water partition coefficient (Wildman–Crippen LogP) is 4.35. The Morgan fingerprint density at radius 2 is 1.63 bits per heavy atom. The van der Waals surface area contributed by atoms with Crippen LogP contribution in [0.3, 0.4) is 0 Å². The fourth-order valence-corrected chi connectivity index (χ4v) is 7.12. The van der Waals surface area contributed by atoms with Gasteiger partial charge in [-0.3, -0.25) is 19.3 Å². The molecule has 7 nitrogen and oxygen atoms in total. The van der Waals surface area contributed by atoms with Gasteiger partial charge in [0.05, 0.1) is 0 Å². The number of carbonyl (C=O) groups is 3. The third-order valence-electron chi connectivity index (χ3n) is 9.52. The van der Waals surface area contributed by atoms with Crippen molar-refractivity contribution in [2.45, 2.75) is 102 Å². The summed E-state index contributed by atoms with van der Waals surface area (Å²) < 4.78 is 0. The minimum atomic E-state index is -0.710. The van der Waals surface area contributed by atoms with E-state index in [1.54, 1.807) is 0 Å². The van der Waals surface area contributed by atoms with Gasteiger partial charge in [-0.15, -0.1) is 0 Å². The maximum atomic E-state index is 13.7. The highest BCUT2D eigenvalue weighted by atomic mass is 16.2. The zero-order valence-electron chi connectivity index (χ0n) is 23.3. The summed E-state index contributed by atoms with van der Waals surface area (Å²) in [7, 11) is 0. The molecular formula is C31H46N4O3. The van der Waals surface area contributed by atoms with Crippen molar-refractivity contribution in [1.82, 2.24) is 20.0 Å². The van der Waals surface area contributed by atoms with Gasteiger partial charge in [-0.2, -0.15) is 0 Å². The monoisotopic (exact) mass is 522 g/mol. The number of piperidine rings is 1. The Morgan fingerprint density at radius 1 is 0.947 bits per heavy atom. The molecule has 1 aliphatic carbocycles. The molecule has 208 valence electrons. The topological polar surface area (TPSA) is 73.0 Å². The van der Waals surface area contributed by atoms with Crippen LogP contribution in [0.25, 0.3) is 0 Å². The number of likely N-dealkylation sites (tertiary alicyclic amines) is 2. The molecule has 1 saturated carbocycles. The molecule has 0 bridgehead atoms. The lowest BCUT2D eigenvalue weighted by Crippen LogP contribution is -2.73. The first-order valence-electron chi connectivity index (χ1n) is 15.2. The number of rotatable bonds is 8. The van der Waals surface area contributed by atoms with Crippen molar-refractivity contribution in [1.29, 1.82) is 0 Å². The highest BCUT2D eigenvalue weighted by Gasteiger charge is 2.53. The number of hydrogen-bond donors (Lipinski definition) is 1. The lowest BCUT2D eigenvalue weighted by molar-refractivity contribution is -0.162. The van der Waals surface area contributed by atoms with Crippen molar-refractivity contribution in [2.75, 3.05) is 32.7 Å². The molecule has 7 heteroatoms. The number of unbranched alkanes of at least 4 members (excludes halogenated alkanes) is 1. The Balaban J connectivity index is 1.20. The summed E-state index contributed by atoms with van der Waals surface area (Å²) in [5, 5.41) is 3.20. The normalized spacial score (nSPS) is 24.7. The number of carbonyl (C=O) groups excluding carboxylic acids is 3. The highest BCUT2D eigenvalue weighted by Crippen LogP contribution is 2.36. The molecule has 0 radical (unpaired) electrons. The van der Waals surface area contributed by atoms with Gasteiger partial charge in [-0.25, -0.2) is 0 Å². The Morgan fingerprint density at radius 3 is 2.29 bits per heavy atom. The van der Waals surface area contributed by atoms with E-state index in [9.17, 15) is 14.4 Å². The first-order chi connectivity index (χ1) is 18.5. The van der Waals surface area contributed by atoms with Crippen LogP contribution in [0.4, 0.5) is 0 Å². The fourth-order valence-electron chi connectivity index (χ4n) is 7.12. The summed E-state index contributed by atoms with van der Waals surface area (Å²) in [6, 6.07) is 7.68. The third kappa shape index (κ3) is 5.78. The number of amides is 3. The van der Waals surface area contributed by atoms with Crippen molar-refractivity contribution in [2.24, 2.45) is 5.92 Å². The molecule has 1 unspecified atom stereocenters. The van der Waals surface area contributed by atoms with Crippen molar-refractivity contribution in [3.8, 4) is 0 Å². The van der Waals surface area contributed by atoms with E-state index in [4.69, 9.17) is 0 Å². The van der Waals surface area contributed by atoms with Crippen LogP contribution in [-0.4, -0.2) is 76.7 Å². The van der Waals surface area contributed by atoms with Crippen LogP contribution in [0.5, 0.6) is 0 Å². The van der Waals surface area contributed by atoms with Crippen molar-refractivity contribution in [3.05, 3.63) is 35.4 Å². The van der Waals surface area contributed by atoms with Crippen LogP contribution in [0, 0.1) is 5.92 Å². The average Bonchev–Trinajstić information content (AvgIpc) is 3.49. The number of benzene rings is 1. The minimum absolute atomic E-state index is 0.0680. The average molecular weight is 523 g/mol. The van der Waals surface area contributed by atoms with Crippen LogP contribution in [0.1, 0.15) is 99.9 Å². The second-order valence-corrected chi connectivity index (χ2v) is 12.1. The van der Waals surface area contributed by atoms with Gasteiger partial charge >= 0.3 is 0 Å². The van der Waals surface area contributed by atoms with Gasteiger partial charge in [-0.05, 0) is 62.1 Å². The highest BCUT2D eigenvalue weighted by molar-refractivity contribution is 6.00. The minimum Gasteiger partial charge on any atom is -0.342 e. The fraction of sp³-hybridized carbons (Fsp3) is 0.710. The van der Waals surface area contributed by atoms with E-state index in [1.165, 1.54) is 37.7 Å². The molecule has 38 heavy (non-hydrogen) atoms. The molecule has 1 aromatic rings. The smallest absolute Gasteiger partial charge is 0.253 e. The maximum Gasteiger partial charge on any atom is 0.253 e. The van der Waals surface area contributed by atoms with Crippen LogP contribution < -0.4 is 5.32 Å². The molecule has 1 atom stereocenters. The largest absolute Gasteiger partial charge is 0.342 e. The molecule has 1 spiro atoms. The van der Waals surface area contributed by atoms with Crippen molar-refractivity contribution in [3.63, 3.8) is 0 Å². The van der Waals surface area contributed by atoms with Gasteiger partial charge in [0, 0.05) is 44.8 Å². The summed E-state index contributed by atoms with van der Waals surface area (Å²) in [6.45, 7) is 6.91. The van der Waals surface area contributed by atoms with E-state index in [-0.39, 0.29) is 23.8 Å². The molecule has 1 N–H and O–H groups in total. The quantitative estimate of drug-likeness (QED) is 0.551. The molecule has 3 heterocycles. The molecule has 3 aliphatic heterocycles. The van der Waals surface area contributed by atoms with Crippen LogP contribution >= 0.6 is 0 Å². The summed E-state index contributed by atoms with van der Waals surface area (Å²) in [4.78, 5) is 46.4. The Labute approximate surface area is 228 Å². The maximum absolute atomic E-state index is 13.7. The number of nitrogens with zero attached hydrogens (tertiary/aromatic N) is 3. The van der Waals surface area contributed by atoms with Crippen LogP contribution in [0.15, 0.2) is 24.3 Å². The van der Waals surface area contributed by atoms with Gasteiger partial charge in [-0.1, -0.05) is 57.6 Å². The van der Waals surface area contributed by atoms with E-state index in [1.807, 2.05) is 21.9 Å². The zero-order valence-corrected chi connectivity index (χ0v) is 23.3. The zero-order chi connectivity index (χ0) is 26.5. The van der Waals surface area contributed by atoms with E-state index >= 15 is 0 Å². The predicted molar refractivity (Wildman–Crippen MR) is 149 cm³/mol. The molecular weight excluding hydrogens is 476 g/mol. The summed E-state index contributed by atoms with van der Waals surface area (Å²) >= 11 is 0. The van der Waals surface area contributed by atoms with Crippen molar-refractivity contribution >= 4 is 17.7 Å². The van der Waals surface area contributed by atoms with E-state index < -0.39 is 5.54 Å². The molecule has 5 rings (SSSR count). The lowest BCUT2D eigenvalue weighted by Gasteiger charge is -2.52. The second-order valence-electron chi connectivity index (χ2n) is 12.1. The summed E-state index contributed by atoms with van der Waals surface area (Å²) in [5.74, 6) is 0.906. The number of piperazine rings is 1. The second kappa shape index (κ2) is 12.2. The Hall–Kier alpha value is -2.41. The van der Waals surface area contributed by atoms with Crippen LogP contribution in [-0.2, 0) is 16.1 Å². The van der Waals surface area contributed by atoms with Gasteiger partial charge in [0.15, 0.2) is 0 Å². The molecule has 3 saturated heterocycles. The van der Waals surface area contributed by atoms with E-state index in [2.05, 4.69) is 29.3 Å². The Bertz CT molecular complexity index is 973. The third-order valence-corrected chi connectivity index (χ3v) is 9.52. The molecule has 4 fully saturated rings. The van der Waals surface area contributed by atoms with Gasteiger partial charge in [0.25, 0.3) is 5.91 Å². The number of nitrogens with one attached hydrogen (secondary N) is 1. The lowest BCUT2D eigenvalue weighted by atomic mass is 9.79. The molecule has 4 aliphatic rings. The first-order valence-corrected chi connectivity index (χ1v) is 15.2. The van der Waals surface area contributed by atoms with Gasteiger partial charge in [0.1, 0.15) is 11.6 Å².